The molecule has 8 heteroatoms. The van der Waals surface area contributed by atoms with Crippen LogP contribution in [0.1, 0.15) is 26.0 Å². The fraction of sp³-hybridized carbons (Fsp3) is 0.0769. The molecule has 0 radical (unpaired) electrons. The van der Waals surface area contributed by atoms with Crippen molar-refractivity contribution in [2.24, 2.45) is 0 Å². The maximum absolute atomic E-state index is 12.7. The van der Waals surface area contributed by atoms with Gasteiger partial charge in [0.05, 0.1) is 12.1 Å². The van der Waals surface area contributed by atoms with Crippen molar-refractivity contribution in [2.75, 3.05) is 12.4 Å². The Hall–Kier alpha value is -3.81. The Balaban J connectivity index is 1.28. The SMILES string of the molecule is COC(=O)c1sc2cc(NC(=O)c3ccc(COc4cccc5ccccc45)o3)ccc2c1Cl. The zero-order valence-electron chi connectivity index (χ0n) is 18.0. The largest absolute Gasteiger partial charge is 0.485 e. The van der Waals surface area contributed by atoms with E-state index in [4.69, 9.17) is 25.5 Å². The van der Waals surface area contributed by atoms with Crippen LogP contribution in [0.25, 0.3) is 20.9 Å². The third-order valence-electron chi connectivity index (χ3n) is 5.26. The number of hydrogen-bond acceptors (Lipinski definition) is 6. The van der Waals surface area contributed by atoms with Gasteiger partial charge in [0.15, 0.2) is 5.76 Å². The van der Waals surface area contributed by atoms with Gasteiger partial charge in [-0.2, -0.15) is 0 Å². The molecule has 34 heavy (non-hydrogen) atoms. The van der Waals surface area contributed by atoms with Crippen molar-refractivity contribution in [3.63, 3.8) is 0 Å². The highest BCUT2D eigenvalue weighted by atomic mass is 35.5. The summed E-state index contributed by atoms with van der Waals surface area (Å²) in [5.41, 5.74) is 0.553. The molecule has 0 fully saturated rings. The second-order valence-corrected chi connectivity index (χ2v) is 8.86. The van der Waals surface area contributed by atoms with E-state index in [0.29, 0.717) is 21.3 Å². The minimum absolute atomic E-state index is 0.163. The molecule has 0 atom stereocenters. The molecule has 0 saturated carbocycles. The van der Waals surface area contributed by atoms with Crippen molar-refractivity contribution in [1.82, 2.24) is 0 Å². The van der Waals surface area contributed by atoms with Gasteiger partial charge in [-0.1, -0.05) is 48.0 Å². The highest BCUT2D eigenvalue weighted by Gasteiger charge is 2.19. The highest BCUT2D eigenvalue weighted by Crippen LogP contribution is 2.37. The number of halogens is 1. The Kier molecular flexibility index (Phi) is 5.96. The number of benzene rings is 3. The van der Waals surface area contributed by atoms with Gasteiger partial charge in [0, 0.05) is 21.2 Å². The van der Waals surface area contributed by atoms with Gasteiger partial charge in [0.2, 0.25) is 0 Å². The highest BCUT2D eigenvalue weighted by molar-refractivity contribution is 7.21. The van der Waals surface area contributed by atoms with Crippen molar-refractivity contribution in [3.05, 3.63) is 94.2 Å². The van der Waals surface area contributed by atoms with Gasteiger partial charge in [-0.05, 0) is 41.8 Å². The van der Waals surface area contributed by atoms with Crippen molar-refractivity contribution in [3.8, 4) is 5.75 Å². The molecule has 6 nitrogen and oxygen atoms in total. The van der Waals surface area contributed by atoms with E-state index in [9.17, 15) is 9.59 Å². The summed E-state index contributed by atoms with van der Waals surface area (Å²) in [5, 5.41) is 5.96. The number of rotatable bonds is 6. The number of furan rings is 1. The number of fused-ring (bicyclic) bond motifs is 2. The molecule has 2 heterocycles. The molecule has 0 unspecified atom stereocenters. The van der Waals surface area contributed by atoms with Gasteiger partial charge < -0.3 is 19.2 Å². The number of esters is 1. The lowest BCUT2D eigenvalue weighted by Gasteiger charge is -2.08. The molecular weight excluding hydrogens is 474 g/mol. The third kappa shape index (κ3) is 4.23. The number of hydrogen-bond donors (Lipinski definition) is 1. The monoisotopic (exact) mass is 491 g/mol. The van der Waals surface area contributed by atoms with Gasteiger partial charge in [-0.3, -0.25) is 4.79 Å². The Bertz CT molecular complexity index is 1530. The van der Waals surface area contributed by atoms with E-state index in [2.05, 4.69) is 5.32 Å². The van der Waals surface area contributed by atoms with Gasteiger partial charge in [0.1, 0.15) is 23.0 Å². The van der Waals surface area contributed by atoms with Crippen molar-refractivity contribution < 1.29 is 23.5 Å². The van der Waals surface area contributed by atoms with Crippen molar-refractivity contribution in [1.29, 1.82) is 0 Å². The minimum Gasteiger partial charge on any atom is -0.485 e. The number of methoxy groups -OCH3 is 1. The lowest BCUT2D eigenvalue weighted by atomic mass is 10.1. The zero-order chi connectivity index (χ0) is 23.7. The van der Waals surface area contributed by atoms with Crippen LogP contribution in [-0.4, -0.2) is 19.0 Å². The quantitative estimate of drug-likeness (QED) is 0.261. The number of anilines is 1. The number of amides is 1. The number of carbonyl (C=O) groups excluding carboxylic acids is 2. The number of thiophene rings is 1. The third-order valence-corrected chi connectivity index (χ3v) is 6.90. The van der Waals surface area contributed by atoms with E-state index < -0.39 is 11.9 Å². The Morgan fingerprint density at radius 1 is 1.00 bits per heavy atom. The average Bonchev–Trinajstić information content (AvgIpc) is 3.47. The van der Waals surface area contributed by atoms with Crippen LogP contribution in [0.2, 0.25) is 5.02 Å². The molecule has 0 aliphatic heterocycles. The van der Waals surface area contributed by atoms with E-state index in [1.165, 1.54) is 18.4 Å². The summed E-state index contributed by atoms with van der Waals surface area (Å²) in [7, 11) is 1.30. The summed E-state index contributed by atoms with van der Waals surface area (Å²) in [6, 6.07) is 22.4. The molecule has 0 saturated heterocycles. The second-order valence-electron chi connectivity index (χ2n) is 7.43. The molecule has 5 aromatic rings. The number of carbonyl (C=O) groups is 2. The van der Waals surface area contributed by atoms with Crippen molar-refractivity contribution in [2.45, 2.75) is 6.61 Å². The van der Waals surface area contributed by atoms with E-state index in [1.54, 1.807) is 30.3 Å². The van der Waals surface area contributed by atoms with Crippen LogP contribution < -0.4 is 10.1 Å². The van der Waals surface area contributed by atoms with Crippen molar-refractivity contribution >= 4 is 61.4 Å². The molecule has 170 valence electrons. The zero-order valence-corrected chi connectivity index (χ0v) is 19.5. The standard InChI is InChI=1S/C26H18ClNO5S/c1-31-26(30)24-23(27)19-11-9-16(13-22(19)34-24)28-25(29)21-12-10-17(33-21)14-32-20-8-4-6-15-5-2-3-7-18(15)20/h2-13H,14H2,1H3,(H,28,29). The van der Waals surface area contributed by atoms with Crippen LogP contribution >= 0.6 is 22.9 Å². The predicted octanol–water partition coefficient (Wildman–Crippen LogP) is 6.92. The lowest BCUT2D eigenvalue weighted by Crippen LogP contribution is -2.10. The van der Waals surface area contributed by atoms with Gasteiger partial charge in [0.25, 0.3) is 5.91 Å². The molecule has 5 rings (SSSR count). The normalized spacial score (nSPS) is 11.0. The molecular formula is C26H18ClNO5S. The lowest BCUT2D eigenvalue weighted by molar-refractivity contribution is 0.0606. The maximum atomic E-state index is 12.7. The maximum Gasteiger partial charge on any atom is 0.349 e. The van der Waals surface area contributed by atoms with Gasteiger partial charge in [-0.15, -0.1) is 11.3 Å². The first-order valence-corrected chi connectivity index (χ1v) is 11.5. The van der Waals surface area contributed by atoms with Crippen LogP contribution in [0.15, 0.2) is 77.2 Å². The summed E-state index contributed by atoms with van der Waals surface area (Å²) in [6.07, 6.45) is 0. The molecule has 0 spiro atoms. The molecule has 0 aliphatic carbocycles. The van der Waals surface area contributed by atoms with E-state index in [-0.39, 0.29) is 12.4 Å². The minimum atomic E-state index is -0.495. The van der Waals surface area contributed by atoms with Crippen LogP contribution in [-0.2, 0) is 11.3 Å². The summed E-state index contributed by atoms with van der Waals surface area (Å²) in [4.78, 5) is 24.9. The van der Waals surface area contributed by atoms with Crippen LogP contribution in [0, 0.1) is 0 Å². The summed E-state index contributed by atoms with van der Waals surface area (Å²) >= 11 is 7.49. The molecule has 0 bridgehead atoms. The Labute approximate surface area is 203 Å². The second kappa shape index (κ2) is 9.21. The Morgan fingerprint density at radius 3 is 2.68 bits per heavy atom. The summed E-state index contributed by atoms with van der Waals surface area (Å²) in [6.45, 7) is 0.192. The predicted molar refractivity (Wildman–Crippen MR) is 133 cm³/mol. The number of ether oxygens (including phenoxy) is 2. The van der Waals surface area contributed by atoms with Crippen LogP contribution in [0.5, 0.6) is 5.75 Å². The van der Waals surface area contributed by atoms with Crippen LogP contribution in [0.4, 0.5) is 5.69 Å². The topological polar surface area (TPSA) is 77.8 Å². The molecule has 1 N–H and O–H groups in total. The first-order chi connectivity index (χ1) is 16.5. The smallest absolute Gasteiger partial charge is 0.349 e. The van der Waals surface area contributed by atoms with E-state index >= 15 is 0 Å². The summed E-state index contributed by atoms with van der Waals surface area (Å²) in [5.74, 6) is 0.546. The summed E-state index contributed by atoms with van der Waals surface area (Å²) < 4.78 is 17.1. The molecule has 0 aliphatic rings. The Morgan fingerprint density at radius 2 is 1.82 bits per heavy atom. The molecule has 3 aromatic carbocycles. The molecule has 1 amide bonds. The molecule has 2 aromatic heterocycles. The van der Waals surface area contributed by atoms with E-state index in [0.717, 1.165) is 26.6 Å². The van der Waals surface area contributed by atoms with E-state index in [1.807, 2.05) is 42.5 Å². The van der Waals surface area contributed by atoms with Gasteiger partial charge in [-0.25, -0.2) is 4.79 Å². The van der Waals surface area contributed by atoms with Crippen LogP contribution in [0.3, 0.4) is 0 Å². The van der Waals surface area contributed by atoms with Gasteiger partial charge >= 0.3 is 5.97 Å². The fourth-order valence-electron chi connectivity index (χ4n) is 3.61. The average molecular weight is 492 g/mol. The first kappa shape index (κ1) is 22.0. The first-order valence-electron chi connectivity index (χ1n) is 10.3. The fourth-order valence-corrected chi connectivity index (χ4v) is 5.07. The number of nitrogens with one attached hydrogen (secondary N) is 1.